The number of nitrogens with zero attached hydrogens (tertiary/aromatic N) is 1. The molecule has 0 aliphatic carbocycles. The normalized spacial score (nSPS) is 30.0. The second kappa shape index (κ2) is 3.72. The minimum absolute atomic E-state index is 0.0226. The molecule has 1 fully saturated rings. The van der Waals surface area contributed by atoms with Crippen LogP contribution in [0.25, 0.3) is 0 Å². The van der Waals surface area contributed by atoms with Gasteiger partial charge in [-0.05, 0) is 25.8 Å². The van der Waals surface area contributed by atoms with Gasteiger partial charge in [0.25, 0.3) is 0 Å². The zero-order valence-corrected chi connectivity index (χ0v) is 7.49. The van der Waals surface area contributed by atoms with Crippen LogP contribution in [0.5, 0.6) is 0 Å². The van der Waals surface area contributed by atoms with Crippen molar-refractivity contribution in [2.45, 2.75) is 31.8 Å². The molecule has 1 amide bonds. The SMILES string of the molecule is C=CC(=O)N1CCC(N)CC1C. The van der Waals surface area contributed by atoms with Crippen molar-refractivity contribution in [3.05, 3.63) is 12.7 Å². The van der Waals surface area contributed by atoms with Crippen LogP contribution in [0.15, 0.2) is 12.7 Å². The van der Waals surface area contributed by atoms with Gasteiger partial charge < -0.3 is 10.6 Å². The van der Waals surface area contributed by atoms with Gasteiger partial charge in [0.1, 0.15) is 0 Å². The highest BCUT2D eigenvalue weighted by Gasteiger charge is 2.25. The number of carbonyl (C=O) groups excluding carboxylic acids is 1. The number of carbonyl (C=O) groups is 1. The smallest absolute Gasteiger partial charge is 0.246 e. The summed E-state index contributed by atoms with van der Waals surface area (Å²) in [4.78, 5) is 13.1. The summed E-state index contributed by atoms with van der Waals surface area (Å²) in [5.41, 5.74) is 5.77. The molecule has 0 saturated carbocycles. The van der Waals surface area contributed by atoms with Crippen molar-refractivity contribution in [1.29, 1.82) is 0 Å². The van der Waals surface area contributed by atoms with E-state index < -0.39 is 0 Å². The first-order valence-electron chi connectivity index (χ1n) is 4.33. The van der Waals surface area contributed by atoms with E-state index in [1.165, 1.54) is 6.08 Å². The molecule has 0 aromatic carbocycles. The van der Waals surface area contributed by atoms with Crippen molar-refractivity contribution in [3.63, 3.8) is 0 Å². The van der Waals surface area contributed by atoms with E-state index in [9.17, 15) is 4.79 Å². The third-order valence-corrected chi connectivity index (χ3v) is 2.37. The zero-order chi connectivity index (χ0) is 9.14. The first kappa shape index (κ1) is 9.26. The Morgan fingerprint density at radius 2 is 2.42 bits per heavy atom. The van der Waals surface area contributed by atoms with Crippen molar-refractivity contribution < 1.29 is 4.79 Å². The average molecular weight is 168 g/mol. The highest BCUT2D eigenvalue weighted by Crippen LogP contribution is 2.15. The molecule has 0 radical (unpaired) electrons. The number of nitrogens with two attached hydrogens (primary N) is 1. The van der Waals surface area contributed by atoms with Gasteiger partial charge in [-0.1, -0.05) is 6.58 Å². The number of amides is 1. The van der Waals surface area contributed by atoms with Crippen molar-refractivity contribution in [2.24, 2.45) is 5.73 Å². The third kappa shape index (κ3) is 1.85. The molecular weight excluding hydrogens is 152 g/mol. The Hall–Kier alpha value is -0.830. The van der Waals surface area contributed by atoms with Gasteiger partial charge in [-0.3, -0.25) is 4.79 Å². The minimum Gasteiger partial charge on any atom is -0.336 e. The van der Waals surface area contributed by atoms with Crippen LogP contribution in [0.1, 0.15) is 19.8 Å². The van der Waals surface area contributed by atoms with E-state index >= 15 is 0 Å². The summed E-state index contributed by atoms with van der Waals surface area (Å²) >= 11 is 0. The Kier molecular flexibility index (Phi) is 2.87. The van der Waals surface area contributed by atoms with E-state index in [-0.39, 0.29) is 18.0 Å². The third-order valence-electron chi connectivity index (χ3n) is 2.37. The maximum atomic E-state index is 11.3. The van der Waals surface area contributed by atoms with Gasteiger partial charge in [0.15, 0.2) is 0 Å². The van der Waals surface area contributed by atoms with Crippen LogP contribution in [0.2, 0.25) is 0 Å². The first-order chi connectivity index (χ1) is 5.65. The standard InChI is InChI=1S/C9H16N2O/c1-3-9(12)11-5-4-8(10)6-7(11)2/h3,7-8H,1,4-6,10H2,2H3. The molecule has 0 aromatic heterocycles. The molecule has 2 N–H and O–H groups in total. The van der Waals surface area contributed by atoms with Gasteiger partial charge in [0.2, 0.25) is 5.91 Å². The minimum atomic E-state index is 0.0226. The Balaban J connectivity index is 2.55. The Labute approximate surface area is 73.2 Å². The fraction of sp³-hybridized carbons (Fsp3) is 0.667. The summed E-state index contributed by atoms with van der Waals surface area (Å²) in [5, 5.41) is 0. The summed E-state index contributed by atoms with van der Waals surface area (Å²) < 4.78 is 0. The van der Waals surface area contributed by atoms with E-state index in [0.29, 0.717) is 0 Å². The zero-order valence-electron chi connectivity index (χ0n) is 7.49. The number of hydrogen-bond acceptors (Lipinski definition) is 2. The molecule has 0 spiro atoms. The predicted octanol–water partition coefficient (Wildman–Crippen LogP) is 0.511. The quantitative estimate of drug-likeness (QED) is 0.580. The molecule has 0 aromatic rings. The van der Waals surface area contributed by atoms with E-state index in [1.807, 2.05) is 11.8 Å². The second-order valence-corrected chi connectivity index (χ2v) is 3.37. The van der Waals surface area contributed by atoms with Crippen LogP contribution in [-0.4, -0.2) is 29.4 Å². The van der Waals surface area contributed by atoms with Crippen molar-refractivity contribution >= 4 is 5.91 Å². The number of hydrogen-bond donors (Lipinski definition) is 1. The van der Waals surface area contributed by atoms with Crippen LogP contribution >= 0.6 is 0 Å². The molecule has 1 heterocycles. The van der Waals surface area contributed by atoms with Gasteiger partial charge in [0, 0.05) is 18.6 Å². The van der Waals surface area contributed by atoms with Gasteiger partial charge in [-0.2, -0.15) is 0 Å². The van der Waals surface area contributed by atoms with Crippen molar-refractivity contribution in [3.8, 4) is 0 Å². The largest absolute Gasteiger partial charge is 0.336 e. The number of rotatable bonds is 1. The monoisotopic (exact) mass is 168 g/mol. The molecule has 0 bridgehead atoms. The Bertz CT molecular complexity index is 191. The Morgan fingerprint density at radius 3 is 2.92 bits per heavy atom. The molecule has 1 rings (SSSR count). The van der Waals surface area contributed by atoms with Crippen LogP contribution in [0.3, 0.4) is 0 Å². The van der Waals surface area contributed by atoms with Gasteiger partial charge >= 0.3 is 0 Å². The van der Waals surface area contributed by atoms with E-state index in [1.54, 1.807) is 0 Å². The molecule has 1 aliphatic heterocycles. The summed E-state index contributed by atoms with van der Waals surface area (Å²) in [6.07, 6.45) is 3.18. The molecule has 1 saturated heterocycles. The van der Waals surface area contributed by atoms with E-state index in [2.05, 4.69) is 6.58 Å². The maximum absolute atomic E-state index is 11.3. The molecule has 2 unspecified atom stereocenters. The van der Waals surface area contributed by atoms with Crippen molar-refractivity contribution in [2.75, 3.05) is 6.54 Å². The molecule has 2 atom stereocenters. The van der Waals surface area contributed by atoms with Crippen molar-refractivity contribution in [1.82, 2.24) is 4.90 Å². The lowest BCUT2D eigenvalue weighted by Crippen LogP contribution is -2.47. The highest BCUT2D eigenvalue weighted by atomic mass is 16.2. The van der Waals surface area contributed by atoms with Crippen LogP contribution in [0.4, 0.5) is 0 Å². The van der Waals surface area contributed by atoms with Crippen LogP contribution in [0, 0.1) is 0 Å². The summed E-state index contributed by atoms with van der Waals surface area (Å²) in [5.74, 6) is 0.0226. The lowest BCUT2D eigenvalue weighted by molar-refractivity contribution is -0.129. The predicted molar refractivity (Wildman–Crippen MR) is 48.6 cm³/mol. The summed E-state index contributed by atoms with van der Waals surface area (Å²) in [6, 6.07) is 0.521. The lowest BCUT2D eigenvalue weighted by atomic mass is 9.99. The average Bonchev–Trinajstić information content (AvgIpc) is 2.03. The number of likely N-dealkylation sites (tertiary alicyclic amines) is 1. The van der Waals surface area contributed by atoms with E-state index in [4.69, 9.17) is 5.73 Å². The number of piperidine rings is 1. The van der Waals surface area contributed by atoms with Gasteiger partial charge in [-0.25, -0.2) is 0 Å². The fourth-order valence-electron chi connectivity index (χ4n) is 1.65. The molecular formula is C9H16N2O. The lowest BCUT2D eigenvalue weighted by Gasteiger charge is -2.35. The summed E-state index contributed by atoms with van der Waals surface area (Å²) in [6.45, 7) is 6.27. The molecule has 12 heavy (non-hydrogen) atoms. The molecule has 68 valence electrons. The van der Waals surface area contributed by atoms with Crippen LogP contribution < -0.4 is 5.73 Å². The molecule has 3 nitrogen and oxygen atoms in total. The highest BCUT2D eigenvalue weighted by molar-refractivity contribution is 5.87. The topological polar surface area (TPSA) is 46.3 Å². The fourth-order valence-corrected chi connectivity index (χ4v) is 1.65. The molecule has 3 heteroatoms. The van der Waals surface area contributed by atoms with Crippen LogP contribution in [-0.2, 0) is 4.79 Å². The van der Waals surface area contributed by atoms with E-state index in [0.717, 1.165) is 19.4 Å². The van der Waals surface area contributed by atoms with Gasteiger partial charge in [0.05, 0.1) is 0 Å². The van der Waals surface area contributed by atoms with Gasteiger partial charge in [-0.15, -0.1) is 0 Å². The molecule has 1 aliphatic rings. The first-order valence-corrected chi connectivity index (χ1v) is 4.33. The Morgan fingerprint density at radius 1 is 1.75 bits per heavy atom. The maximum Gasteiger partial charge on any atom is 0.246 e. The second-order valence-electron chi connectivity index (χ2n) is 3.37. The summed E-state index contributed by atoms with van der Waals surface area (Å²) in [7, 11) is 0.